The largest absolute Gasteiger partial charge is 0.462 e. The number of rotatable bonds is 1. The lowest BCUT2D eigenvalue weighted by molar-refractivity contribution is -0.167. The third-order valence-electron chi connectivity index (χ3n) is 8.21. The van der Waals surface area contributed by atoms with Crippen molar-refractivity contribution in [2.24, 2.45) is 23.2 Å². The molecule has 0 bridgehead atoms. The molecule has 5 aliphatic rings. The van der Waals surface area contributed by atoms with Gasteiger partial charge in [-0.1, -0.05) is 6.92 Å². The highest BCUT2D eigenvalue weighted by molar-refractivity contribution is 5.98. The first-order chi connectivity index (χ1) is 11.8. The van der Waals surface area contributed by atoms with Gasteiger partial charge in [0.1, 0.15) is 17.3 Å². The molecule has 1 spiro atoms. The van der Waals surface area contributed by atoms with Crippen LogP contribution in [0.1, 0.15) is 52.4 Å². The van der Waals surface area contributed by atoms with Crippen molar-refractivity contribution in [2.45, 2.75) is 75.8 Å². The molecule has 1 heterocycles. The molecule has 136 valence electrons. The van der Waals surface area contributed by atoms with Gasteiger partial charge in [0.25, 0.3) is 0 Å². The van der Waals surface area contributed by atoms with Crippen LogP contribution in [0.3, 0.4) is 0 Å². The second-order valence-corrected chi connectivity index (χ2v) is 9.08. The van der Waals surface area contributed by atoms with Gasteiger partial charge in [-0.05, 0) is 68.4 Å². The van der Waals surface area contributed by atoms with Crippen molar-refractivity contribution in [1.82, 2.24) is 0 Å². The summed E-state index contributed by atoms with van der Waals surface area (Å²) in [5, 5.41) is 11.6. The Balaban J connectivity index is 1.47. The maximum absolute atomic E-state index is 12.0. The van der Waals surface area contributed by atoms with E-state index in [1.807, 2.05) is 0 Å². The minimum atomic E-state index is -1.02. The normalized spacial score (nSPS) is 55.6. The van der Waals surface area contributed by atoms with Gasteiger partial charge < -0.3 is 14.6 Å². The van der Waals surface area contributed by atoms with Crippen LogP contribution in [-0.4, -0.2) is 40.3 Å². The zero-order valence-electron chi connectivity index (χ0n) is 14.9. The van der Waals surface area contributed by atoms with Crippen LogP contribution in [0.5, 0.6) is 0 Å². The van der Waals surface area contributed by atoms with Crippen LogP contribution in [0.2, 0.25) is 0 Å². The highest BCUT2D eigenvalue weighted by Gasteiger charge is 2.77. The molecule has 0 radical (unpaired) electrons. The Morgan fingerprint density at radius 1 is 1.24 bits per heavy atom. The topological polar surface area (TPSA) is 76.1 Å². The van der Waals surface area contributed by atoms with Crippen LogP contribution in [0.4, 0.5) is 0 Å². The van der Waals surface area contributed by atoms with Gasteiger partial charge in [0.15, 0.2) is 11.9 Å². The van der Waals surface area contributed by atoms with Crippen molar-refractivity contribution in [3.05, 3.63) is 12.2 Å². The van der Waals surface area contributed by atoms with Crippen LogP contribution >= 0.6 is 0 Å². The van der Waals surface area contributed by atoms with E-state index >= 15 is 0 Å². The van der Waals surface area contributed by atoms with Gasteiger partial charge in [0, 0.05) is 12.3 Å². The molecule has 0 aromatic heterocycles. The Hall–Kier alpha value is -1.20. The van der Waals surface area contributed by atoms with Crippen molar-refractivity contribution in [2.75, 3.05) is 0 Å². The van der Waals surface area contributed by atoms with E-state index in [0.29, 0.717) is 11.8 Å². The average molecular weight is 346 g/mol. The number of carbonyl (C=O) groups excluding carboxylic acids is 2. The fourth-order valence-corrected chi connectivity index (χ4v) is 7.00. The quantitative estimate of drug-likeness (QED) is 0.582. The minimum absolute atomic E-state index is 0.000406. The third-order valence-corrected chi connectivity index (χ3v) is 8.21. The first-order valence-corrected chi connectivity index (χ1v) is 9.62. The predicted octanol–water partition coefficient (Wildman–Crippen LogP) is 2.16. The molecule has 1 N–H and O–H groups in total. The number of aliphatic hydroxyl groups is 1. The zero-order chi connectivity index (χ0) is 17.6. The van der Waals surface area contributed by atoms with Crippen molar-refractivity contribution in [3.63, 3.8) is 0 Å². The van der Waals surface area contributed by atoms with Crippen LogP contribution in [0, 0.1) is 23.2 Å². The molecular weight excluding hydrogens is 320 g/mol. The lowest BCUT2D eigenvalue weighted by Gasteiger charge is -2.56. The van der Waals surface area contributed by atoms with Gasteiger partial charge in [0.05, 0.1) is 0 Å². The minimum Gasteiger partial charge on any atom is -0.462 e. The number of hydrogen-bond donors (Lipinski definition) is 1. The summed E-state index contributed by atoms with van der Waals surface area (Å²) >= 11 is 0. The summed E-state index contributed by atoms with van der Waals surface area (Å²) in [5.41, 5.74) is -1.68. The number of carbonyl (C=O) groups is 2. The Labute approximate surface area is 147 Å². The van der Waals surface area contributed by atoms with Gasteiger partial charge >= 0.3 is 5.97 Å². The molecule has 0 amide bonds. The third kappa shape index (κ3) is 1.81. The fourth-order valence-electron chi connectivity index (χ4n) is 7.00. The average Bonchev–Trinajstić information content (AvgIpc) is 3.22. The summed E-state index contributed by atoms with van der Waals surface area (Å²) in [6, 6.07) is 0. The number of fused-ring (bicyclic) bond motifs is 4. The molecule has 8 atom stereocenters. The molecule has 1 aliphatic heterocycles. The first-order valence-electron chi connectivity index (χ1n) is 9.62. The van der Waals surface area contributed by atoms with Crippen molar-refractivity contribution in [1.29, 1.82) is 0 Å². The highest BCUT2D eigenvalue weighted by atomic mass is 16.6. The second kappa shape index (κ2) is 4.74. The van der Waals surface area contributed by atoms with Gasteiger partial charge in [-0.3, -0.25) is 9.59 Å². The summed E-state index contributed by atoms with van der Waals surface area (Å²) in [6.07, 6.45) is 8.35. The molecule has 4 aliphatic carbocycles. The predicted molar refractivity (Wildman–Crippen MR) is 88.5 cm³/mol. The van der Waals surface area contributed by atoms with Crippen molar-refractivity contribution >= 4 is 11.8 Å². The molecule has 3 saturated carbocycles. The molecule has 0 unspecified atom stereocenters. The lowest BCUT2D eigenvalue weighted by Crippen LogP contribution is -2.62. The van der Waals surface area contributed by atoms with Crippen molar-refractivity contribution < 1.29 is 24.2 Å². The van der Waals surface area contributed by atoms with E-state index < -0.39 is 17.3 Å². The molecule has 5 rings (SSSR count). The number of hydrogen-bond acceptors (Lipinski definition) is 5. The summed E-state index contributed by atoms with van der Waals surface area (Å²) in [7, 11) is 0. The van der Waals surface area contributed by atoms with E-state index in [4.69, 9.17) is 9.47 Å². The molecule has 1 saturated heterocycles. The molecule has 5 nitrogen and oxygen atoms in total. The zero-order valence-corrected chi connectivity index (χ0v) is 14.9. The van der Waals surface area contributed by atoms with Crippen LogP contribution < -0.4 is 0 Å². The van der Waals surface area contributed by atoms with Gasteiger partial charge in [-0.25, -0.2) is 0 Å². The van der Waals surface area contributed by atoms with Crippen molar-refractivity contribution in [3.8, 4) is 0 Å². The molecule has 25 heavy (non-hydrogen) atoms. The molecule has 4 fully saturated rings. The summed E-state index contributed by atoms with van der Waals surface area (Å²) < 4.78 is 11.5. The Morgan fingerprint density at radius 3 is 2.80 bits per heavy atom. The summed E-state index contributed by atoms with van der Waals surface area (Å²) in [4.78, 5) is 23.5. The lowest BCUT2D eigenvalue weighted by atomic mass is 9.49. The van der Waals surface area contributed by atoms with E-state index in [9.17, 15) is 14.7 Å². The SMILES string of the molecule is CC(=O)O[C@H]1CC[C@@H]2[C@@H]3CC[C@]45O[C@H]4C(=O)C=C[C@]5(O)[C@@H]3CC[C@]12C. The Bertz CT molecular complexity index is 686. The number of ether oxygens (including phenoxy) is 2. The first kappa shape index (κ1) is 16.0. The van der Waals surface area contributed by atoms with Crippen LogP contribution in [0.25, 0.3) is 0 Å². The van der Waals surface area contributed by atoms with Gasteiger partial charge in [-0.2, -0.15) is 0 Å². The maximum atomic E-state index is 12.0. The molecule has 0 aromatic rings. The van der Waals surface area contributed by atoms with E-state index in [1.54, 1.807) is 6.08 Å². The number of epoxide rings is 1. The standard InChI is InChI=1S/C20H26O5/c1-11(21)24-16-4-3-13-12-5-10-20-17(25-20)15(22)7-9-19(20,23)14(12)6-8-18(13,16)2/h7,9,12-14,16-17,23H,3-6,8,10H2,1-2H3/t12-,13+,14+,16-,17-,18-,19-,20-/m0/s1. The Morgan fingerprint density at radius 2 is 2.04 bits per heavy atom. The summed E-state index contributed by atoms with van der Waals surface area (Å²) in [6.45, 7) is 3.75. The monoisotopic (exact) mass is 346 g/mol. The maximum Gasteiger partial charge on any atom is 0.302 e. The van der Waals surface area contributed by atoms with Crippen LogP contribution in [-0.2, 0) is 19.1 Å². The second-order valence-electron chi connectivity index (χ2n) is 9.08. The van der Waals surface area contributed by atoms with E-state index in [0.717, 1.165) is 38.5 Å². The number of esters is 1. The van der Waals surface area contributed by atoms with E-state index in [1.165, 1.54) is 13.0 Å². The molecule has 0 aromatic carbocycles. The highest BCUT2D eigenvalue weighted by Crippen LogP contribution is 2.67. The van der Waals surface area contributed by atoms with Gasteiger partial charge in [0.2, 0.25) is 0 Å². The smallest absolute Gasteiger partial charge is 0.302 e. The van der Waals surface area contributed by atoms with E-state index in [2.05, 4.69) is 6.92 Å². The number of ketones is 1. The van der Waals surface area contributed by atoms with Gasteiger partial charge in [-0.15, -0.1) is 0 Å². The van der Waals surface area contributed by atoms with E-state index in [-0.39, 0.29) is 29.2 Å². The fraction of sp³-hybridized carbons (Fsp3) is 0.800. The van der Waals surface area contributed by atoms with Crippen LogP contribution in [0.15, 0.2) is 12.2 Å². The molecule has 5 heteroatoms. The summed E-state index contributed by atoms with van der Waals surface area (Å²) in [5.74, 6) is 0.792. The Kier molecular flexibility index (Phi) is 3.04. The molecular formula is C20H26O5.